The molecule has 0 N–H and O–H groups in total. The van der Waals surface area contributed by atoms with Gasteiger partial charge in [0.25, 0.3) is 5.91 Å². The Bertz CT molecular complexity index is 377. The topological polar surface area (TPSA) is 42.0 Å². The summed E-state index contributed by atoms with van der Waals surface area (Å²) < 4.78 is 10.6. The predicted octanol–water partition coefficient (Wildman–Crippen LogP) is 0.470. The normalized spacial score (nSPS) is 32.3. The number of hydrogen-bond donors (Lipinski definition) is 0. The Balaban J connectivity index is 1.62. The minimum Gasteiger partial charge on any atom is -0.500 e. The Morgan fingerprint density at radius 2 is 2.05 bits per heavy atom. The van der Waals surface area contributed by atoms with Crippen LogP contribution in [0.5, 0.6) is 0 Å². The maximum absolute atomic E-state index is 12.4. The van der Waals surface area contributed by atoms with E-state index in [1.807, 2.05) is 4.90 Å². The van der Waals surface area contributed by atoms with Crippen LogP contribution in [0.1, 0.15) is 13.3 Å². The Morgan fingerprint density at radius 3 is 2.74 bits per heavy atom. The second-order valence-corrected chi connectivity index (χ2v) is 5.67. The zero-order chi connectivity index (χ0) is 13.2. The summed E-state index contributed by atoms with van der Waals surface area (Å²) in [5, 5.41) is 0. The number of rotatable bonds is 2. The van der Waals surface area contributed by atoms with Gasteiger partial charge in [-0.3, -0.25) is 9.69 Å². The Kier molecular flexibility index (Phi) is 3.75. The van der Waals surface area contributed by atoms with Crippen LogP contribution in [0.15, 0.2) is 11.8 Å². The van der Waals surface area contributed by atoms with Crippen LogP contribution in [-0.4, -0.2) is 67.7 Å². The summed E-state index contributed by atoms with van der Waals surface area (Å²) >= 11 is 0. The lowest BCUT2D eigenvalue weighted by molar-refractivity contribution is -0.126. The van der Waals surface area contributed by atoms with Gasteiger partial charge in [0.15, 0.2) is 0 Å². The molecule has 2 saturated heterocycles. The lowest BCUT2D eigenvalue weighted by Gasteiger charge is -2.33. The standard InChI is InChI=1S/C14H22N2O3/c1-11-8-16(14(17)12-2-5-19-10-12)9-13(11)15-3-6-18-7-4-15/h10-11,13H,2-9H2,1H3/t11-,13+/m1/s1. The molecule has 5 nitrogen and oxygen atoms in total. The van der Waals surface area contributed by atoms with Gasteiger partial charge in [-0.15, -0.1) is 0 Å². The second kappa shape index (κ2) is 5.51. The van der Waals surface area contributed by atoms with Gasteiger partial charge in [0, 0.05) is 38.6 Å². The molecule has 0 radical (unpaired) electrons. The smallest absolute Gasteiger partial charge is 0.253 e. The van der Waals surface area contributed by atoms with Crippen LogP contribution in [0.4, 0.5) is 0 Å². The molecule has 0 aliphatic carbocycles. The number of amides is 1. The second-order valence-electron chi connectivity index (χ2n) is 5.67. The molecule has 0 unspecified atom stereocenters. The maximum atomic E-state index is 12.4. The lowest BCUT2D eigenvalue weighted by atomic mass is 10.0. The predicted molar refractivity (Wildman–Crippen MR) is 70.6 cm³/mol. The van der Waals surface area contributed by atoms with Gasteiger partial charge in [-0.1, -0.05) is 6.92 Å². The molecular formula is C14H22N2O3. The summed E-state index contributed by atoms with van der Waals surface area (Å²) in [4.78, 5) is 16.8. The summed E-state index contributed by atoms with van der Waals surface area (Å²) in [6, 6.07) is 0.482. The van der Waals surface area contributed by atoms with Gasteiger partial charge in [0.05, 0.1) is 31.7 Å². The van der Waals surface area contributed by atoms with Crippen molar-refractivity contribution in [3.8, 4) is 0 Å². The van der Waals surface area contributed by atoms with Gasteiger partial charge < -0.3 is 14.4 Å². The maximum Gasteiger partial charge on any atom is 0.253 e. The summed E-state index contributed by atoms with van der Waals surface area (Å²) in [6.45, 7) is 8.21. The van der Waals surface area contributed by atoms with Crippen molar-refractivity contribution in [2.45, 2.75) is 19.4 Å². The number of ether oxygens (including phenoxy) is 2. The molecule has 19 heavy (non-hydrogen) atoms. The van der Waals surface area contributed by atoms with E-state index in [4.69, 9.17) is 9.47 Å². The Labute approximate surface area is 114 Å². The van der Waals surface area contributed by atoms with Crippen molar-refractivity contribution in [2.75, 3.05) is 46.0 Å². The molecule has 0 aromatic rings. The number of carbonyl (C=O) groups is 1. The van der Waals surface area contributed by atoms with Crippen molar-refractivity contribution in [2.24, 2.45) is 5.92 Å². The molecule has 0 aromatic heterocycles. The monoisotopic (exact) mass is 266 g/mol. The SMILES string of the molecule is C[C@@H]1CN(C(=O)C2=COCC2)C[C@@H]1N1CCOCC1. The molecule has 0 saturated carbocycles. The Hall–Kier alpha value is -1.07. The van der Waals surface area contributed by atoms with Gasteiger partial charge >= 0.3 is 0 Å². The number of hydrogen-bond acceptors (Lipinski definition) is 4. The van der Waals surface area contributed by atoms with Crippen LogP contribution in [0.3, 0.4) is 0 Å². The average molecular weight is 266 g/mol. The van der Waals surface area contributed by atoms with Crippen molar-refractivity contribution >= 4 is 5.91 Å². The summed E-state index contributed by atoms with van der Waals surface area (Å²) in [7, 11) is 0. The average Bonchev–Trinajstić information content (AvgIpc) is 3.08. The van der Waals surface area contributed by atoms with Crippen LogP contribution < -0.4 is 0 Å². The van der Waals surface area contributed by atoms with Gasteiger partial charge in [0.2, 0.25) is 0 Å². The van der Waals surface area contributed by atoms with Crippen LogP contribution >= 0.6 is 0 Å². The fourth-order valence-electron chi connectivity index (χ4n) is 3.25. The number of likely N-dealkylation sites (tertiary alicyclic amines) is 1. The third-order valence-corrected chi connectivity index (χ3v) is 4.36. The molecule has 1 amide bonds. The van der Waals surface area contributed by atoms with Crippen molar-refractivity contribution < 1.29 is 14.3 Å². The summed E-state index contributed by atoms with van der Waals surface area (Å²) in [5.74, 6) is 0.699. The first-order chi connectivity index (χ1) is 9.25. The van der Waals surface area contributed by atoms with E-state index in [1.165, 1.54) is 0 Å². The lowest BCUT2D eigenvalue weighted by Crippen LogP contribution is -2.47. The fourth-order valence-corrected chi connectivity index (χ4v) is 3.25. The molecule has 3 aliphatic rings. The third kappa shape index (κ3) is 2.62. The van der Waals surface area contributed by atoms with E-state index in [9.17, 15) is 4.79 Å². The largest absolute Gasteiger partial charge is 0.500 e. The zero-order valence-electron chi connectivity index (χ0n) is 11.5. The molecule has 2 fully saturated rings. The van der Waals surface area contributed by atoms with Crippen molar-refractivity contribution in [1.29, 1.82) is 0 Å². The highest BCUT2D eigenvalue weighted by Crippen LogP contribution is 2.25. The highest BCUT2D eigenvalue weighted by Gasteiger charge is 2.37. The minimum atomic E-state index is 0.167. The van der Waals surface area contributed by atoms with Crippen molar-refractivity contribution in [3.63, 3.8) is 0 Å². The van der Waals surface area contributed by atoms with Gasteiger partial charge in [-0.2, -0.15) is 0 Å². The van der Waals surface area contributed by atoms with Crippen LogP contribution in [0.2, 0.25) is 0 Å². The molecule has 3 heterocycles. The van der Waals surface area contributed by atoms with E-state index in [1.54, 1.807) is 6.26 Å². The molecule has 5 heteroatoms. The molecule has 0 spiro atoms. The van der Waals surface area contributed by atoms with Crippen LogP contribution in [0.25, 0.3) is 0 Å². The van der Waals surface area contributed by atoms with Gasteiger partial charge in [-0.05, 0) is 5.92 Å². The van der Waals surface area contributed by atoms with Gasteiger partial charge in [-0.25, -0.2) is 0 Å². The zero-order valence-corrected chi connectivity index (χ0v) is 11.5. The van der Waals surface area contributed by atoms with E-state index in [0.29, 0.717) is 18.6 Å². The van der Waals surface area contributed by atoms with E-state index >= 15 is 0 Å². The van der Waals surface area contributed by atoms with Crippen LogP contribution in [0, 0.1) is 5.92 Å². The van der Waals surface area contributed by atoms with E-state index in [2.05, 4.69) is 11.8 Å². The molecule has 3 aliphatic heterocycles. The highest BCUT2D eigenvalue weighted by atomic mass is 16.5. The highest BCUT2D eigenvalue weighted by molar-refractivity contribution is 5.93. The first kappa shape index (κ1) is 12.9. The van der Waals surface area contributed by atoms with E-state index < -0.39 is 0 Å². The Morgan fingerprint density at radius 1 is 1.26 bits per heavy atom. The molecule has 3 rings (SSSR count). The molecule has 0 bridgehead atoms. The first-order valence-corrected chi connectivity index (χ1v) is 7.17. The molecular weight excluding hydrogens is 244 g/mol. The quantitative estimate of drug-likeness (QED) is 0.728. The number of carbonyl (C=O) groups excluding carboxylic acids is 1. The van der Waals surface area contributed by atoms with Crippen molar-refractivity contribution in [3.05, 3.63) is 11.8 Å². The summed E-state index contributed by atoms with van der Waals surface area (Å²) in [6.07, 6.45) is 2.39. The molecule has 106 valence electrons. The third-order valence-electron chi connectivity index (χ3n) is 4.36. The minimum absolute atomic E-state index is 0.167. The van der Waals surface area contributed by atoms with Crippen LogP contribution in [-0.2, 0) is 14.3 Å². The number of nitrogens with zero attached hydrogens (tertiary/aromatic N) is 2. The first-order valence-electron chi connectivity index (χ1n) is 7.17. The molecule has 0 aromatic carbocycles. The van der Waals surface area contributed by atoms with Gasteiger partial charge in [0.1, 0.15) is 0 Å². The van der Waals surface area contributed by atoms with E-state index in [-0.39, 0.29) is 5.91 Å². The van der Waals surface area contributed by atoms with E-state index in [0.717, 1.165) is 51.4 Å². The molecule has 2 atom stereocenters. The van der Waals surface area contributed by atoms with Crippen molar-refractivity contribution in [1.82, 2.24) is 9.80 Å². The fraction of sp³-hybridized carbons (Fsp3) is 0.786. The number of morpholine rings is 1. The summed E-state index contributed by atoms with van der Waals surface area (Å²) in [5.41, 5.74) is 0.829.